The summed E-state index contributed by atoms with van der Waals surface area (Å²) >= 11 is 0. The van der Waals surface area contributed by atoms with Gasteiger partial charge in [0.2, 0.25) is 0 Å². The molecule has 0 aliphatic heterocycles. The smallest absolute Gasteiger partial charge is 0.143 e. The fraction of sp³-hybridized carbons (Fsp3) is 0.571. The second-order valence-corrected chi connectivity index (χ2v) is 5.41. The highest BCUT2D eigenvalue weighted by molar-refractivity contribution is 5.59. The van der Waals surface area contributed by atoms with Crippen LogP contribution in [0.3, 0.4) is 0 Å². The molecular formula is C14H21N5. The molecule has 5 nitrogen and oxygen atoms in total. The maximum absolute atomic E-state index is 6.04. The molecule has 2 aromatic heterocycles. The van der Waals surface area contributed by atoms with Crippen LogP contribution in [0.1, 0.15) is 30.4 Å². The first-order chi connectivity index (χ1) is 9.10. The van der Waals surface area contributed by atoms with Crippen LogP contribution >= 0.6 is 0 Å². The van der Waals surface area contributed by atoms with Gasteiger partial charge in [0.05, 0.1) is 17.0 Å². The molecule has 0 amide bonds. The van der Waals surface area contributed by atoms with Crippen LogP contribution in [-0.4, -0.2) is 25.4 Å². The van der Waals surface area contributed by atoms with Crippen molar-refractivity contribution in [3.05, 3.63) is 23.3 Å². The molecule has 2 aromatic rings. The number of nitrogens with two attached hydrogens (primary N) is 1. The lowest BCUT2D eigenvalue weighted by molar-refractivity contribution is 0.554. The van der Waals surface area contributed by atoms with Gasteiger partial charge in [-0.25, -0.2) is 4.98 Å². The molecule has 19 heavy (non-hydrogen) atoms. The van der Waals surface area contributed by atoms with Crippen molar-refractivity contribution in [2.24, 2.45) is 19.8 Å². The van der Waals surface area contributed by atoms with E-state index in [4.69, 9.17) is 10.7 Å². The normalized spacial score (nSPS) is 18.6. The predicted octanol–water partition coefficient (Wildman–Crippen LogP) is 1.20. The van der Waals surface area contributed by atoms with E-state index in [1.807, 2.05) is 11.7 Å². The third kappa shape index (κ3) is 1.98. The quantitative estimate of drug-likeness (QED) is 0.881. The highest BCUT2D eigenvalue weighted by atomic mass is 15.3. The summed E-state index contributed by atoms with van der Waals surface area (Å²) in [6.07, 6.45) is 5.96. The Labute approximate surface area is 113 Å². The number of aromatic nitrogens is 4. The Morgan fingerprint density at radius 1 is 1.42 bits per heavy atom. The van der Waals surface area contributed by atoms with Crippen molar-refractivity contribution < 1.29 is 0 Å². The number of rotatable bonds is 2. The fourth-order valence-electron chi connectivity index (χ4n) is 2.96. The van der Waals surface area contributed by atoms with Crippen molar-refractivity contribution in [1.82, 2.24) is 19.3 Å². The Kier molecular flexibility index (Phi) is 2.93. The summed E-state index contributed by atoms with van der Waals surface area (Å²) in [6, 6.07) is 0.259. The summed E-state index contributed by atoms with van der Waals surface area (Å²) in [5.41, 5.74) is 10.8. The van der Waals surface area contributed by atoms with E-state index in [-0.39, 0.29) is 6.04 Å². The van der Waals surface area contributed by atoms with Gasteiger partial charge in [-0.05, 0) is 19.3 Å². The Bertz CT molecular complexity index is 608. The van der Waals surface area contributed by atoms with E-state index in [9.17, 15) is 0 Å². The lowest BCUT2D eigenvalue weighted by atomic mass is 9.97. The van der Waals surface area contributed by atoms with E-state index < -0.39 is 0 Å². The average molecular weight is 259 g/mol. The first-order valence-electron chi connectivity index (χ1n) is 6.93. The number of aryl methyl sites for hydroxylation is 2. The van der Waals surface area contributed by atoms with Gasteiger partial charge in [-0.1, -0.05) is 6.92 Å². The third-order valence-electron chi connectivity index (χ3n) is 3.99. The van der Waals surface area contributed by atoms with Crippen LogP contribution in [0.4, 0.5) is 0 Å². The third-order valence-corrected chi connectivity index (χ3v) is 3.99. The molecule has 3 rings (SSSR count). The molecule has 0 spiro atoms. The molecule has 102 valence electrons. The molecule has 2 N–H and O–H groups in total. The number of fused-ring (bicyclic) bond motifs is 1. The van der Waals surface area contributed by atoms with E-state index in [1.165, 1.54) is 11.4 Å². The summed E-state index contributed by atoms with van der Waals surface area (Å²) < 4.78 is 4.09. The van der Waals surface area contributed by atoms with Crippen LogP contribution in [0.15, 0.2) is 6.20 Å². The Hall–Kier alpha value is -1.62. The molecule has 1 atom stereocenters. The van der Waals surface area contributed by atoms with Crippen molar-refractivity contribution in [3.63, 3.8) is 0 Å². The molecule has 0 radical (unpaired) electrons. The number of hydrogen-bond acceptors (Lipinski definition) is 3. The van der Waals surface area contributed by atoms with Crippen LogP contribution < -0.4 is 5.73 Å². The number of hydrogen-bond donors (Lipinski definition) is 1. The highest BCUT2D eigenvalue weighted by Crippen LogP contribution is 2.28. The first-order valence-corrected chi connectivity index (χ1v) is 6.93. The summed E-state index contributed by atoms with van der Waals surface area (Å²) in [4.78, 5) is 4.82. The zero-order valence-electron chi connectivity index (χ0n) is 11.8. The van der Waals surface area contributed by atoms with Crippen LogP contribution in [0, 0.1) is 0 Å². The minimum atomic E-state index is 0.259. The molecule has 0 aromatic carbocycles. The second kappa shape index (κ2) is 4.49. The molecule has 1 aliphatic rings. The number of nitrogens with zero attached hydrogens (tertiary/aromatic N) is 4. The predicted molar refractivity (Wildman–Crippen MR) is 74.8 cm³/mol. The zero-order valence-corrected chi connectivity index (χ0v) is 11.8. The molecule has 1 aliphatic carbocycles. The second-order valence-electron chi connectivity index (χ2n) is 5.41. The highest BCUT2D eigenvalue weighted by Gasteiger charge is 2.24. The molecule has 0 saturated carbocycles. The maximum atomic E-state index is 6.04. The zero-order chi connectivity index (χ0) is 13.6. The topological polar surface area (TPSA) is 61.7 Å². The van der Waals surface area contributed by atoms with E-state index >= 15 is 0 Å². The first kappa shape index (κ1) is 12.4. The molecule has 5 heteroatoms. The standard InChI is InChI=1S/C14H21N5/c1-4-11-10(8-18(2)17-11)14-16-12-7-9(15)5-6-13(12)19(14)3/h8-9H,4-7,15H2,1-3H3. The Balaban J connectivity index is 2.11. The van der Waals surface area contributed by atoms with Crippen molar-refractivity contribution in [2.45, 2.75) is 38.6 Å². The van der Waals surface area contributed by atoms with Gasteiger partial charge >= 0.3 is 0 Å². The Morgan fingerprint density at radius 2 is 2.21 bits per heavy atom. The molecule has 1 unspecified atom stereocenters. The van der Waals surface area contributed by atoms with Gasteiger partial charge in [0.25, 0.3) is 0 Å². The molecule has 0 saturated heterocycles. The van der Waals surface area contributed by atoms with E-state index in [1.54, 1.807) is 0 Å². The molecule has 2 heterocycles. The van der Waals surface area contributed by atoms with Crippen LogP contribution in [0.2, 0.25) is 0 Å². The largest absolute Gasteiger partial charge is 0.331 e. The SMILES string of the molecule is CCc1nn(C)cc1-c1nc2c(n1C)CCC(N)C2. The van der Waals surface area contributed by atoms with Crippen LogP contribution in [0.5, 0.6) is 0 Å². The lowest BCUT2D eigenvalue weighted by Gasteiger charge is -2.17. The summed E-state index contributed by atoms with van der Waals surface area (Å²) in [5, 5.41) is 4.51. The van der Waals surface area contributed by atoms with Gasteiger partial charge in [-0.2, -0.15) is 5.10 Å². The summed E-state index contributed by atoms with van der Waals surface area (Å²) in [6.45, 7) is 2.13. The van der Waals surface area contributed by atoms with Gasteiger partial charge < -0.3 is 10.3 Å². The Morgan fingerprint density at radius 3 is 2.95 bits per heavy atom. The molecular weight excluding hydrogens is 238 g/mol. The minimum absolute atomic E-state index is 0.259. The van der Waals surface area contributed by atoms with Gasteiger partial charge in [-0.15, -0.1) is 0 Å². The van der Waals surface area contributed by atoms with Gasteiger partial charge in [-0.3, -0.25) is 4.68 Å². The minimum Gasteiger partial charge on any atom is -0.331 e. The van der Waals surface area contributed by atoms with Crippen LogP contribution in [-0.2, 0) is 33.4 Å². The fourth-order valence-corrected chi connectivity index (χ4v) is 2.96. The maximum Gasteiger partial charge on any atom is 0.143 e. The monoisotopic (exact) mass is 259 g/mol. The average Bonchev–Trinajstić information content (AvgIpc) is 2.90. The summed E-state index contributed by atoms with van der Waals surface area (Å²) in [7, 11) is 4.06. The van der Waals surface area contributed by atoms with Crippen molar-refractivity contribution in [3.8, 4) is 11.4 Å². The van der Waals surface area contributed by atoms with Crippen molar-refractivity contribution in [1.29, 1.82) is 0 Å². The molecule has 0 fully saturated rings. The number of imidazole rings is 1. The van der Waals surface area contributed by atoms with E-state index in [0.717, 1.165) is 42.8 Å². The summed E-state index contributed by atoms with van der Waals surface area (Å²) in [5.74, 6) is 1.03. The van der Waals surface area contributed by atoms with Crippen LogP contribution in [0.25, 0.3) is 11.4 Å². The van der Waals surface area contributed by atoms with Gasteiger partial charge in [0, 0.05) is 38.4 Å². The van der Waals surface area contributed by atoms with Gasteiger partial charge in [0.1, 0.15) is 5.82 Å². The van der Waals surface area contributed by atoms with E-state index in [0.29, 0.717) is 0 Å². The molecule has 0 bridgehead atoms. The van der Waals surface area contributed by atoms with Crippen molar-refractivity contribution in [2.75, 3.05) is 0 Å². The van der Waals surface area contributed by atoms with Gasteiger partial charge in [0.15, 0.2) is 0 Å². The van der Waals surface area contributed by atoms with Crippen molar-refractivity contribution >= 4 is 0 Å². The lowest BCUT2D eigenvalue weighted by Crippen LogP contribution is -2.28. The van der Waals surface area contributed by atoms with E-state index in [2.05, 4.69) is 29.8 Å².